The van der Waals surface area contributed by atoms with Crippen molar-refractivity contribution in [3.8, 4) is 0 Å². The Morgan fingerprint density at radius 3 is 2.50 bits per heavy atom. The molecule has 0 unspecified atom stereocenters. The number of anilines is 1. The number of halogens is 1. The number of para-hydroxylation sites is 2. The Morgan fingerprint density at radius 1 is 1.09 bits per heavy atom. The molecule has 0 N–H and O–H groups in total. The third-order valence-corrected chi connectivity index (χ3v) is 4.01. The number of hydrogen-bond donors (Lipinski definition) is 0. The van der Waals surface area contributed by atoms with E-state index in [0.717, 1.165) is 16.9 Å². The molecule has 2 aromatic carbocycles. The van der Waals surface area contributed by atoms with Gasteiger partial charge in [-0.3, -0.25) is 9.79 Å². The molecule has 1 amide bonds. The number of carbonyl (C=O) groups excluding carboxylic acids is 1. The van der Waals surface area contributed by atoms with Gasteiger partial charge in [0.15, 0.2) is 0 Å². The molecule has 0 fully saturated rings. The summed E-state index contributed by atoms with van der Waals surface area (Å²) in [6.07, 6.45) is 0.247. The van der Waals surface area contributed by atoms with Crippen LogP contribution in [-0.4, -0.2) is 17.7 Å². The Hall–Kier alpha value is -2.13. The molecule has 1 heterocycles. The summed E-state index contributed by atoms with van der Waals surface area (Å²) in [4.78, 5) is 19.2. The first-order valence-corrected chi connectivity index (χ1v) is 7.69. The Labute approximate surface area is 135 Å². The van der Waals surface area contributed by atoms with Gasteiger partial charge in [0.25, 0.3) is 0 Å². The number of amides is 1. The van der Waals surface area contributed by atoms with Crippen molar-refractivity contribution in [3.05, 3.63) is 59.1 Å². The van der Waals surface area contributed by atoms with Gasteiger partial charge in [0.1, 0.15) is 0 Å². The minimum absolute atomic E-state index is 0.0404. The lowest BCUT2D eigenvalue weighted by molar-refractivity contribution is -0.117. The number of benzene rings is 2. The Morgan fingerprint density at radius 2 is 1.77 bits per heavy atom. The molecule has 1 aliphatic heterocycles. The molecule has 0 atom stereocenters. The molecule has 0 aliphatic carbocycles. The highest BCUT2D eigenvalue weighted by Gasteiger charge is 2.27. The van der Waals surface area contributed by atoms with E-state index in [2.05, 4.69) is 0 Å². The van der Waals surface area contributed by atoms with Gasteiger partial charge in [-0.25, -0.2) is 0 Å². The average Bonchev–Trinajstić information content (AvgIpc) is 2.63. The Balaban J connectivity index is 2.16. The van der Waals surface area contributed by atoms with Gasteiger partial charge in [0.2, 0.25) is 5.91 Å². The zero-order valence-corrected chi connectivity index (χ0v) is 13.3. The highest BCUT2D eigenvalue weighted by atomic mass is 35.5. The van der Waals surface area contributed by atoms with E-state index >= 15 is 0 Å². The molecule has 22 heavy (non-hydrogen) atoms. The summed E-state index contributed by atoms with van der Waals surface area (Å²) in [7, 11) is 0. The van der Waals surface area contributed by atoms with Crippen molar-refractivity contribution in [3.63, 3.8) is 0 Å². The highest BCUT2D eigenvalue weighted by Crippen LogP contribution is 2.34. The topological polar surface area (TPSA) is 32.7 Å². The maximum Gasteiger partial charge on any atom is 0.233 e. The van der Waals surface area contributed by atoms with E-state index in [1.54, 1.807) is 0 Å². The van der Waals surface area contributed by atoms with Crippen LogP contribution in [0.3, 0.4) is 0 Å². The lowest BCUT2D eigenvalue weighted by Gasteiger charge is -2.26. The summed E-state index contributed by atoms with van der Waals surface area (Å²) < 4.78 is 0. The number of aliphatic imine (C=N–C) groups is 1. The standard InChI is InChI=1S/C18H17ClN2O/c1-12(2)21-17-10-6-5-9-15(17)20-16(11-18(21)22)13-7-3-4-8-14(13)19/h3-10,12H,11H2,1-2H3. The first-order chi connectivity index (χ1) is 10.6. The summed E-state index contributed by atoms with van der Waals surface area (Å²) in [5, 5.41) is 0.615. The summed E-state index contributed by atoms with van der Waals surface area (Å²) >= 11 is 6.28. The van der Waals surface area contributed by atoms with E-state index in [4.69, 9.17) is 16.6 Å². The molecule has 0 radical (unpaired) electrons. The quantitative estimate of drug-likeness (QED) is 0.797. The number of rotatable bonds is 2. The van der Waals surface area contributed by atoms with Crippen LogP contribution in [0.4, 0.5) is 11.4 Å². The molecule has 0 saturated heterocycles. The largest absolute Gasteiger partial charge is 0.307 e. The lowest BCUT2D eigenvalue weighted by atomic mass is 10.1. The van der Waals surface area contributed by atoms with Crippen molar-refractivity contribution in [2.75, 3.05) is 4.90 Å². The van der Waals surface area contributed by atoms with Crippen LogP contribution in [-0.2, 0) is 4.79 Å². The average molecular weight is 313 g/mol. The van der Waals surface area contributed by atoms with E-state index in [1.807, 2.05) is 67.3 Å². The van der Waals surface area contributed by atoms with Crippen molar-refractivity contribution in [1.29, 1.82) is 0 Å². The third-order valence-electron chi connectivity index (χ3n) is 3.69. The van der Waals surface area contributed by atoms with Crippen molar-refractivity contribution < 1.29 is 4.79 Å². The van der Waals surface area contributed by atoms with Gasteiger partial charge >= 0.3 is 0 Å². The monoisotopic (exact) mass is 312 g/mol. The van der Waals surface area contributed by atoms with E-state index < -0.39 is 0 Å². The van der Waals surface area contributed by atoms with Crippen LogP contribution in [0, 0.1) is 0 Å². The lowest BCUT2D eigenvalue weighted by Crippen LogP contribution is -2.37. The van der Waals surface area contributed by atoms with Crippen LogP contribution in [0.5, 0.6) is 0 Å². The number of nitrogens with zero attached hydrogens (tertiary/aromatic N) is 2. The number of carbonyl (C=O) groups is 1. The molecule has 1 aliphatic rings. The predicted octanol–water partition coefficient (Wildman–Crippen LogP) is 4.61. The normalized spacial score (nSPS) is 14.6. The van der Waals surface area contributed by atoms with Crippen LogP contribution < -0.4 is 4.90 Å². The zero-order chi connectivity index (χ0) is 15.7. The molecule has 0 saturated carbocycles. The second-order valence-corrected chi connectivity index (χ2v) is 5.97. The van der Waals surface area contributed by atoms with Crippen molar-refractivity contribution in [1.82, 2.24) is 0 Å². The van der Waals surface area contributed by atoms with Crippen molar-refractivity contribution >= 4 is 34.6 Å². The fourth-order valence-corrected chi connectivity index (χ4v) is 2.97. The summed E-state index contributed by atoms with van der Waals surface area (Å²) in [5.74, 6) is 0.0404. The van der Waals surface area contributed by atoms with Crippen LogP contribution in [0.25, 0.3) is 0 Å². The molecular formula is C18H17ClN2O. The van der Waals surface area contributed by atoms with E-state index in [9.17, 15) is 4.79 Å². The SMILES string of the molecule is CC(C)N1C(=O)CC(c2ccccc2Cl)=Nc2ccccc21. The van der Waals surface area contributed by atoms with E-state index in [-0.39, 0.29) is 18.4 Å². The van der Waals surface area contributed by atoms with Gasteiger partial charge in [-0.05, 0) is 32.0 Å². The predicted molar refractivity (Wildman–Crippen MR) is 91.3 cm³/mol. The van der Waals surface area contributed by atoms with Gasteiger partial charge in [0, 0.05) is 16.6 Å². The van der Waals surface area contributed by atoms with E-state index in [0.29, 0.717) is 10.7 Å². The second-order valence-electron chi connectivity index (χ2n) is 5.56. The maximum atomic E-state index is 12.7. The first kappa shape index (κ1) is 14.8. The maximum absolute atomic E-state index is 12.7. The fraction of sp³-hybridized carbons (Fsp3) is 0.222. The third kappa shape index (κ3) is 2.64. The summed E-state index contributed by atoms with van der Waals surface area (Å²) in [6.45, 7) is 4.02. The van der Waals surface area contributed by atoms with Gasteiger partial charge in [0.05, 0.1) is 23.5 Å². The Bertz CT molecular complexity index is 752. The molecule has 0 bridgehead atoms. The minimum Gasteiger partial charge on any atom is -0.307 e. The summed E-state index contributed by atoms with van der Waals surface area (Å²) in [6, 6.07) is 15.3. The molecular weight excluding hydrogens is 296 g/mol. The van der Waals surface area contributed by atoms with Crippen LogP contribution in [0.1, 0.15) is 25.8 Å². The van der Waals surface area contributed by atoms with E-state index in [1.165, 1.54) is 0 Å². The first-order valence-electron chi connectivity index (χ1n) is 7.31. The van der Waals surface area contributed by atoms with Crippen LogP contribution >= 0.6 is 11.6 Å². The highest BCUT2D eigenvalue weighted by molar-refractivity contribution is 6.35. The van der Waals surface area contributed by atoms with Gasteiger partial charge in [-0.2, -0.15) is 0 Å². The minimum atomic E-state index is 0.0404. The summed E-state index contributed by atoms with van der Waals surface area (Å²) in [5.41, 5.74) is 3.19. The van der Waals surface area contributed by atoms with Gasteiger partial charge < -0.3 is 4.90 Å². The molecule has 4 heteroatoms. The zero-order valence-electron chi connectivity index (χ0n) is 12.6. The molecule has 3 rings (SSSR count). The molecule has 112 valence electrons. The fourth-order valence-electron chi connectivity index (χ4n) is 2.73. The number of fused-ring (bicyclic) bond motifs is 1. The van der Waals surface area contributed by atoms with Crippen LogP contribution in [0.15, 0.2) is 53.5 Å². The molecule has 2 aromatic rings. The second kappa shape index (κ2) is 5.93. The van der Waals surface area contributed by atoms with Crippen molar-refractivity contribution in [2.45, 2.75) is 26.3 Å². The smallest absolute Gasteiger partial charge is 0.233 e. The molecule has 0 spiro atoms. The van der Waals surface area contributed by atoms with Gasteiger partial charge in [-0.15, -0.1) is 0 Å². The molecule has 3 nitrogen and oxygen atoms in total. The van der Waals surface area contributed by atoms with Gasteiger partial charge in [-0.1, -0.05) is 41.9 Å². The van der Waals surface area contributed by atoms with Crippen LogP contribution in [0.2, 0.25) is 5.02 Å². The van der Waals surface area contributed by atoms with Crippen molar-refractivity contribution in [2.24, 2.45) is 4.99 Å². The Kier molecular flexibility index (Phi) is 3.99. The number of hydrogen-bond acceptors (Lipinski definition) is 2. The molecule has 0 aromatic heterocycles.